The lowest BCUT2D eigenvalue weighted by molar-refractivity contribution is -0.122. The van der Waals surface area contributed by atoms with Gasteiger partial charge in [0.05, 0.1) is 16.7 Å². The zero-order valence-electron chi connectivity index (χ0n) is 16.8. The molecule has 7 heteroatoms. The van der Waals surface area contributed by atoms with Gasteiger partial charge in [0.15, 0.2) is 0 Å². The van der Waals surface area contributed by atoms with E-state index in [0.717, 1.165) is 27.2 Å². The average molecular weight is 446 g/mol. The number of nitrogens with zero attached hydrogens (tertiary/aromatic N) is 1. The SMILES string of the molecule is O=C1NC(=O)C2=C1c1c(Cl)ccc3ccc(cc13)C(NCCF)n1cc2c2ccccc21. The molecule has 1 aromatic heterocycles. The number of halogens is 2. The number of carbonyl (C=O) groups excluding carboxylic acids is 2. The zero-order valence-corrected chi connectivity index (χ0v) is 17.5. The second-order valence-electron chi connectivity index (χ2n) is 7.95. The van der Waals surface area contributed by atoms with Crippen LogP contribution in [0, 0.1) is 0 Å². The second-order valence-corrected chi connectivity index (χ2v) is 8.36. The summed E-state index contributed by atoms with van der Waals surface area (Å²) in [7, 11) is 0. The molecular formula is C25H17ClFN3O2. The van der Waals surface area contributed by atoms with Crippen LogP contribution >= 0.6 is 11.6 Å². The summed E-state index contributed by atoms with van der Waals surface area (Å²) in [6.45, 7) is -0.348. The summed E-state index contributed by atoms with van der Waals surface area (Å²) in [5.74, 6) is -0.916. The summed E-state index contributed by atoms with van der Waals surface area (Å²) < 4.78 is 15.2. The molecule has 0 fully saturated rings. The van der Waals surface area contributed by atoms with Gasteiger partial charge < -0.3 is 4.57 Å². The molecule has 0 aliphatic carbocycles. The van der Waals surface area contributed by atoms with Gasteiger partial charge in [0.2, 0.25) is 0 Å². The molecule has 1 unspecified atom stereocenters. The predicted molar refractivity (Wildman–Crippen MR) is 123 cm³/mol. The molecule has 0 saturated heterocycles. The van der Waals surface area contributed by atoms with Gasteiger partial charge in [-0.05, 0) is 34.5 Å². The van der Waals surface area contributed by atoms with Crippen molar-refractivity contribution in [2.24, 2.45) is 0 Å². The minimum absolute atomic E-state index is 0.167. The highest BCUT2D eigenvalue weighted by atomic mass is 35.5. The number of fused-ring (bicyclic) bond motifs is 8. The maximum Gasteiger partial charge on any atom is 0.259 e. The molecular weight excluding hydrogens is 429 g/mol. The van der Waals surface area contributed by atoms with Crippen molar-refractivity contribution in [1.82, 2.24) is 15.2 Å². The smallest absolute Gasteiger partial charge is 0.259 e. The maximum absolute atomic E-state index is 13.2. The molecule has 2 N–H and O–H groups in total. The molecule has 5 nitrogen and oxygen atoms in total. The summed E-state index contributed by atoms with van der Waals surface area (Å²) in [6, 6.07) is 17.2. The van der Waals surface area contributed by atoms with E-state index in [1.807, 2.05) is 59.3 Å². The molecule has 6 rings (SSSR count). The molecule has 2 aliphatic rings. The first-order chi connectivity index (χ1) is 15.6. The predicted octanol–water partition coefficient (Wildman–Crippen LogP) is 4.43. The molecule has 2 amide bonds. The molecule has 0 radical (unpaired) electrons. The molecule has 4 aromatic rings. The number of amides is 2. The summed E-state index contributed by atoms with van der Waals surface area (Å²) in [6.07, 6.45) is 1.49. The average Bonchev–Trinajstić information content (AvgIpc) is 3.30. The number of alkyl halides is 1. The Kier molecular flexibility index (Phi) is 4.22. The van der Waals surface area contributed by atoms with Crippen molar-refractivity contribution in [3.63, 3.8) is 0 Å². The lowest BCUT2D eigenvalue weighted by Crippen LogP contribution is -2.29. The third-order valence-corrected chi connectivity index (χ3v) is 6.53. The Labute approximate surface area is 187 Å². The summed E-state index contributed by atoms with van der Waals surface area (Å²) >= 11 is 6.63. The summed E-state index contributed by atoms with van der Waals surface area (Å²) in [5.41, 5.74) is 3.53. The van der Waals surface area contributed by atoms with E-state index < -0.39 is 18.5 Å². The van der Waals surface area contributed by atoms with Crippen LogP contribution in [0.4, 0.5) is 4.39 Å². The molecule has 4 bridgehead atoms. The highest BCUT2D eigenvalue weighted by Crippen LogP contribution is 2.43. The molecule has 1 atom stereocenters. The van der Waals surface area contributed by atoms with Crippen LogP contribution in [0.3, 0.4) is 0 Å². The van der Waals surface area contributed by atoms with Gasteiger partial charge in [-0.3, -0.25) is 20.2 Å². The topological polar surface area (TPSA) is 63.1 Å². The minimum atomic E-state index is -0.514. The number of imide groups is 1. The highest BCUT2D eigenvalue weighted by Gasteiger charge is 2.36. The molecule has 0 spiro atoms. The fourth-order valence-electron chi connectivity index (χ4n) is 4.87. The second kappa shape index (κ2) is 7.02. The Morgan fingerprint density at radius 2 is 1.78 bits per heavy atom. The van der Waals surface area contributed by atoms with E-state index in [0.29, 0.717) is 21.7 Å². The van der Waals surface area contributed by atoms with Gasteiger partial charge in [-0.1, -0.05) is 48.0 Å². The Bertz CT molecular complexity index is 1500. The van der Waals surface area contributed by atoms with Crippen molar-refractivity contribution in [3.8, 4) is 0 Å². The number of nitrogens with one attached hydrogen (secondary N) is 2. The van der Waals surface area contributed by atoms with Crippen molar-refractivity contribution in [3.05, 3.63) is 82.5 Å². The lowest BCUT2D eigenvalue weighted by atomic mass is 9.91. The van der Waals surface area contributed by atoms with Crippen molar-refractivity contribution in [2.75, 3.05) is 13.2 Å². The minimum Gasteiger partial charge on any atom is -0.327 e. The number of rotatable bonds is 3. The van der Waals surface area contributed by atoms with Crippen LogP contribution in [-0.2, 0) is 9.59 Å². The molecule has 32 heavy (non-hydrogen) atoms. The van der Waals surface area contributed by atoms with Crippen LogP contribution in [0.1, 0.15) is 22.9 Å². The molecule has 3 aromatic carbocycles. The third kappa shape index (κ3) is 2.60. The van der Waals surface area contributed by atoms with Gasteiger partial charge in [0.1, 0.15) is 12.8 Å². The van der Waals surface area contributed by atoms with Crippen molar-refractivity contribution < 1.29 is 14.0 Å². The van der Waals surface area contributed by atoms with E-state index in [4.69, 9.17) is 11.6 Å². The van der Waals surface area contributed by atoms with E-state index in [1.165, 1.54) is 0 Å². The van der Waals surface area contributed by atoms with E-state index in [-0.39, 0.29) is 18.3 Å². The number of benzene rings is 3. The quantitative estimate of drug-likeness (QED) is 0.458. The Hall–Kier alpha value is -3.48. The van der Waals surface area contributed by atoms with Crippen LogP contribution in [0.15, 0.2) is 60.8 Å². The van der Waals surface area contributed by atoms with E-state index in [2.05, 4.69) is 10.6 Å². The van der Waals surface area contributed by atoms with E-state index in [9.17, 15) is 14.0 Å². The first-order valence-corrected chi connectivity index (χ1v) is 10.7. The summed E-state index contributed by atoms with van der Waals surface area (Å²) in [5, 5.41) is 8.62. The number of para-hydroxylation sites is 1. The Balaban J connectivity index is 1.83. The van der Waals surface area contributed by atoms with Gasteiger partial charge in [0.25, 0.3) is 11.8 Å². The lowest BCUT2D eigenvalue weighted by Gasteiger charge is -2.23. The largest absolute Gasteiger partial charge is 0.327 e. The van der Waals surface area contributed by atoms with Crippen LogP contribution in [0.5, 0.6) is 0 Å². The van der Waals surface area contributed by atoms with Crippen molar-refractivity contribution in [1.29, 1.82) is 0 Å². The van der Waals surface area contributed by atoms with Gasteiger partial charge in [0, 0.05) is 34.3 Å². The number of carbonyl (C=O) groups is 2. The van der Waals surface area contributed by atoms with Crippen molar-refractivity contribution in [2.45, 2.75) is 6.17 Å². The van der Waals surface area contributed by atoms with E-state index in [1.54, 1.807) is 6.07 Å². The Morgan fingerprint density at radius 1 is 1.00 bits per heavy atom. The van der Waals surface area contributed by atoms with Crippen LogP contribution in [-0.4, -0.2) is 29.6 Å². The van der Waals surface area contributed by atoms with Gasteiger partial charge in [-0.25, -0.2) is 4.39 Å². The first-order valence-electron chi connectivity index (χ1n) is 10.3. The first kappa shape index (κ1) is 19.2. The number of hydrogen-bond acceptors (Lipinski definition) is 3. The number of aromatic nitrogens is 1. The van der Waals surface area contributed by atoms with Crippen molar-refractivity contribution >= 4 is 56.2 Å². The molecule has 2 aliphatic heterocycles. The zero-order chi connectivity index (χ0) is 22.0. The van der Waals surface area contributed by atoms with Crippen LogP contribution < -0.4 is 10.6 Å². The molecule has 158 valence electrons. The van der Waals surface area contributed by atoms with E-state index >= 15 is 0 Å². The van der Waals surface area contributed by atoms with Crippen LogP contribution in [0.2, 0.25) is 5.02 Å². The summed E-state index contributed by atoms with van der Waals surface area (Å²) in [4.78, 5) is 26.0. The normalized spacial score (nSPS) is 17.4. The van der Waals surface area contributed by atoms with Gasteiger partial charge >= 0.3 is 0 Å². The standard InChI is InChI=1S/C25H17ClFN3O2/c26-18-8-7-13-5-6-14-11-16(13)20(18)22-21(24(31)29-25(22)32)17-12-30(23(14)28-10-9-27)19-4-2-1-3-15(17)19/h1-8,11-12,23,28H,9-10H2,(H,29,31,32). The maximum atomic E-state index is 13.2. The molecule has 0 saturated carbocycles. The molecule has 3 heterocycles. The monoisotopic (exact) mass is 445 g/mol. The third-order valence-electron chi connectivity index (χ3n) is 6.21. The van der Waals surface area contributed by atoms with Crippen LogP contribution in [0.25, 0.3) is 32.8 Å². The van der Waals surface area contributed by atoms with Gasteiger partial charge in [-0.15, -0.1) is 0 Å². The number of hydrogen-bond donors (Lipinski definition) is 2. The Morgan fingerprint density at radius 3 is 2.62 bits per heavy atom. The fraction of sp³-hybridized carbons (Fsp3) is 0.120. The fourth-order valence-corrected chi connectivity index (χ4v) is 5.13. The van der Waals surface area contributed by atoms with Gasteiger partial charge in [-0.2, -0.15) is 0 Å². The highest BCUT2D eigenvalue weighted by molar-refractivity contribution is 6.52.